The summed E-state index contributed by atoms with van der Waals surface area (Å²) >= 11 is 0. The highest BCUT2D eigenvalue weighted by Gasteiger charge is 2.12. The Morgan fingerprint density at radius 3 is 2.71 bits per heavy atom. The Balaban J connectivity index is 2.24. The van der Waals surface area contributed by atoms with Crippen LogP contribution in [0.1, 0.15) is 28.8 Å². The molecule has 0 amide bonds. The zero-order chi connectivity index (χ0) is 17.4. The van der Waals surface area contributed by atoms with Crippen LogP contribution >= 0.6 is 0 Å². The van der Waals surface area contributed by atoms with Crippen LogP contribution in [-0.4, -0.2) is 26.0 Å². The molecule has 24 heavy (non-hydrogen) atoms. The molecular weight excluding hydrogens is 298 g/mol. The molecule has 0 saturated carbocycles. The third-order valence-electron chi connectivity index (χ3n) is 3.97. The molecule has 0 aliphatic carbocycles. The van der Waals surface area contributed by atoms with Crippen LogP contribution < -0.4 is 10.1 Å². The van der Waals surface area contributed by atoms with E-state index in [9.17, 15) is 4.79 Å². The van der Waals surface area contributed by atoms with E-state index in [4.69, 9.17) is 4.74 Å². The summed E-state index contributed by atoms with van der Waals surface area (Å²) < 4.78 is 5.83. The Bertz CT molecular complexity index is 707. The lowest BCUT2D eigenvalue weighted by Gasteiger charge is -2.13. The first kappa shape index (κ1) is 18.0. The summed E-state index contributed by atoms with van der Waals surface area (Å²) in [6.07, 6.45) is 3.33. The summed E-state index contributed by atoms with van der Waals surface area (Å²) in [5, 5.41) is 3.11. The Kier molecular flexibility index (Phi) is 6.76. The molecule has 0 aliphatic rings. The van der Waals surface area contributed by atoms with E-state index in [1.165, 1.54) is 11.6 Å². The van der Waals surface area contributed by atoms with E-state index in [0.29, 0.717) is 17.9 Å². The van der Waals surface area contributed by atoms with Gasteiger partial charge >= 0.3 is 0 Å². The summed E-state index contributed by atoms with van der Waals surface area (Å²) in [6, 6.07) is 13.9. The molecule has 0 bridgehead atoms. The lowest BCUT2D eigenvalue weighted by molar-refractivity contribution is 0.104. The van der Waals surface area contributed by atoms with Gasteiger partial charge in [-0.1, -0.05) is 36.9 Å². The van der Waals surface area contributed by atoms with Crippen LogP contribution in [0.4, 0.5) is 0 Å². The number of rotatable bonds is 9. The minimum absolute atomic E-state index is 0.115. The zero-order valence-corrected chi connectivity index (χ0v) is 14.5. The maximum absolute atomic E-state index is 12.2. The maximum atomic E-state index is 12.2. The highest BCUT2D eigenvalue weighted by Crippen LogP contribution is 2.29. The smallest absolute Gasteiger partial charge is 0.188 e. The minimum atomic E-state index is -0.115. The fourth-order valence-corrected chi connectivity index (χ4v) is 2.61. The lowest BCUT2D eigenvalue weighted by Crippen LogP contribution is -2.10. The largest absolute Gasteiger partial charge is 0.493 e. The quantitative estimate of drug-likeness (QED) is 0.422. The van der Waals surface area contributed by atoms with Crippen LogP contribution in [0.5, 0.6) is 5.75 Å². The molecule has 0 unspecified atom stereocenters. The summed E-state index contributed by atoms with van der Waals surface area (Å²) in [6.45, 7) is 7.24. The van der Waals surface area contributed by atoms with Gasteiger partial charge in [-0.2, -0.15) is 0 Å². The van der Waals surface area contributed by atoms with Crippen LogP contribution in [0.3, 0.4) is 0 Å². The number of allylic oxidation sites excluding steroid dienone is 1. The molecule has 0 spiro atoms. The van der Waals surface area contributed by atoms with E-state index in [2.05, 4.69) is 31.0 Å². The number of carbonyl (C=O) groups excluding carboxylic acids is 1. The number of ether oxygens (including phenoxy) is 1. The van der Waals surface area contributed by atoms with Gasteiger partial charge in [-0.05, 0) is 68.3 Å². The third-order valence-corrected chi connectivity index (χ3v) is 3.97. The number of nitrogens with one attached hydrogen (secondary N) is 1. The molecular formula is C21H25NO2. The van der Waals surface area contributed by atoms with Gasteiger partial charge in [0.25, 0.3) is 0 Å². The number of hydrogen-bond acceptors (Lipinski definition) is 3. The molecule has 2 aromatic rings. The Hall–Kier alpha value is -2.39. The molecule has 0 atom stereocenters. The molecule has 3 heteroatoms. The van der Waals surface area contributed by atoms with Crippen molar-refractivity contribution >= 4 is 5.78 Å². The Morgan fingerprint density at radius 2 is 2.00 bits per heavy atom. The van der Waals surface area contributed by atoms with Crippen LogP contribution in [0, 0.1) is 6.92 Å². The number of aryl methyl sites for hydroxylation is 1. The normalized spacial score (nSPS) is 10.4. The van der Waals surface area contributed by atoms with E-state index in [1.807, 2.05) is 37.4 Å². The predicted octanol–water partition coefficient (Wildman–Crippen LogP) is 4.41. The molecule has 0 heterocycles. The number of hydrogen-bond donors (Lipinski definition) is 1. The van der Waals surface area contributed by atoms with Crippen LogP contribution in [0.15, 0.2) is 55.1 Å². The molecule has 3 nitrogen and oxygen atoms in total. The summed E-state index contributed by atoms with van der Waals surface area (Å²) in [5.41, 5.74) is 3.88. The van der Waals surface area contributed by atoms with Gasteiger partial charge in [0.05, 0.1) is 12.2 Å². The number of ketones is 1. The number of unbranched alkanes of at least 4 members (excludes halogenated alkanes) is 1. The standard InChI is InChI=1S/C21H25NO2/c1-4-20(23)19-15-17(18-10-6-5-9-16(18)2)11-12-21(19)24-14-8-7-13-22-3/h4-6,9-12,15,22H,1,7-8,13-14H2,2-3H3. The second-order valence-corrected chi connectivity index (χ2v) is 5.75. The lowest BCUT2D eigenvalue weighted by atomic mass is 9.97. The van der Waals surface area contributed by atoms with Crippen molar-refractivity contribution in [2.75, 3.05) is 20.2 Å². The Morgan fingerprint density at radius 1 is 1.21 bits per heavy atom. The van der Waals surface area contributed by atoms with Crippen LogP contribution in [-0.2, 0) is 0 Å². The third kappa shape index (κ3) is 4.56. The van der Waals surface area contributed by atoms with E-state index in [1.54, 1.807) is 0 Å². The van der Waals surface area contributed by atoms with E-state index < -0.39 is 0 Å². The van der Waals surface area contributed by atoms with Gasteiger partial charge in [0.15, 0.2) is 5.78 Å². The van der Waals surface area contributed by atoms with Gasteiger partial charge in [0.1, 0.15) is 5.75 Å². The van der Waals surface area contributed by atoms with Gasteiger partial charge in [0, 0.05) is 0 Å². The monoisotopic (exact) mass is 323 g/mol. The molecule has 2 aromatic carbocycles. The van der Waals surface area contributed by atoms with Crippen molar-refractivity contribution in [3.8, 4) is 16.9 Å². The van der Waals surface area contributed by atoms with E-state index in [0.717, 1.165) is 30.5 Å². The maximum Gasteiger partial charge on any atom is 0.188 e. The van der Waals surface area contributed by atoms with Gasteiger partial charge in [-0.25, -0.2) is 0 Å². The van der Waals surface area contributed by atoms with Crippen molar-refractivity contribution in [3.63, 3.8) is 0 Å². The van der Waals surface area contributed by atoms with Gasteiger partial charge in [-0.15, -0.1) is 0 Å². The molecule has 2 rings (SSSR count). The van der Waals surface area contributed by atoms with Gasteiger partial charge in [0.2, 0.25) is 0 Å². The van der Waals surface area contributed by atoms with Crippen molar-refractivity contribution in [2.24, 2.45) is 0 Å². The molecule has 1 N–H and O–H groups in total. The second-order valence-electron chi connectivity index (χ2n) is 5.75. The topological polar surface area (TPSA) is 38.3 Å². The van der Waals surface area contributed by atoms with Crippen molar-refractivity contribution in [1.29, 1.82) is 0 Å². The SMILES string of the molecule is C=CC(=O)c1cc(-c2ccccc2C)ccc1OCCCCNC. The Labute approximate surface area is 144 Å². The number of benzene rings is 2. The zero-order valence-electron chi connectivity index (χ0n) is 14.5. The summed E-state index contributed by atoms with van der Waals surface area (Å²) in [7, 11) is 1.94. The van der Waals surface area contributed by atoms with E-state index in [-0.39, 0.29) is 5.78 Å². The molecule has 0 saturated heterocycles. The molecule has 0 fully saturated rings. The first-order valence-electron chi connectivity index (χ1n) is 8.31. The predicted molar refractivity (Wildman–Crippen MR) is 99.8 cm³/mol. The average Bonchev–Trinajstić information content (AvgIpc) is 2.61. The van der Waals surface area contributed by atoms with Crippen LogP contribution in [0.2, 0.25) is 0 Å². The first-order chi connectivity index (χ1) is 11.7. The van der Waals surface area contributed by atoms with Crippen molar-refractivity contribution in [3.05, 3.63) is 66.2 Å². The number of carbonyl (C=O) groups is 1. The van der Waals surface area contributed by atoms with Crippen molar-refractivity contribution in [1.82, 2.24) is 5.32 Å². The van der Waals surface area contributed by atoms with Crippen molar-refractivity contribution < 1.29 is 9.53 Å². The summed E-state index contributed by atoms with van der Waals surface area (Å²) in [4.78, 5) is 12.2. The first-order valence-corrected chi connectivity index (χ1v) is 8.31. The highest BCUT2D eigenvalue weighted by molar-refractivity contribution is 6.07. The second kappa shape index (κ2) is 9.04. The fraction of sp³-hybridized carbons (Fsp3) is 0.286. The summed E-state index contributed by atoms with van der Waals surface area (Å²) in [5.74, 6) is 0.511. The highest BCUT2D eigenvalue weighted by atomic mass is 16.5. The molecule has 126 valence electrons. The van der Waals surface area contributed by atoms with Gasteiger partial charge in [-0.3, -0.25) is 4.79 Å². The van der Waals surface area contributed by atoms with E-state index >= 15 is 0 Å². The fourth-order valence-electron chi connectivity index (χ4n) is 2.61. The van der Waals surface area contributed by atoms with Crippen molar-refractivity contribution in [2.45, 2.75) is 19.8 Å². The van der Waals surface area contributed by atoms with Gasteiger partial charge < -0.3 is 10.1 Å². The minimum Gasteiger partial charge on any atom is -0.493 e. The average molecular weight is 323 g/mol. The molecule has 0 radical (unpaired) electrons. The molecule has 0 aliphatic heterocycles. The molecule has 0 aromatic heterocycles. The van der Waals surface area contributed by atoms with Crippen LogP contribution in [0.25, 0.3) is 11.1 Å².